The first-order chi connectivity index (χ1) is 14.0. The predicted molar refractivity (Wildman–Crippen MR) is 117 cm³/mol. The van der Waals surface area contributed by atoms with Crippen molar-refractivity contribution < 1.29 is 4.79 Å². The number of benzene rings is 1. The number of likely N-dealkylation sites (tertiary alicyclic amines) is 1. The van der Waals surface area contributed by atoms with Crippen molar-refractivity contribution in [3.05, 3.63) is 57.3 Å². The molecule has 7 heteroatoms. The molecule has 0 bridgehead atoms. The third-order valence-electron chi connectivity index (χ3n) is 6.19. The third-order valence-corrected chi connectivity index (χ3v) is 6.93. The van der Waals surface area contributed by atoms with Gasteiger partial charge in [-0.05, 0) is 50.3 Å². The average Bonchev–Trinajstić information content (AvgIpc) is 3.34. The molecule has 1 aromatic carbocycles. The van der Waals surface area contributed by atoms with Gasteiger partial charge in [0.05, 0.1) is 21.8 Å². The Labute approximate surface area is 181 Å². The number of anilines is 1. The molecule has 2 aromatic rings. The highest BCUT2D eigenvalue weighted by Gasteiger charge is 2.41. The van der Waals surface area contributed by atoms with E-state index in [0.29, 0.717) is 10.0 Å². The largest absolute Gasteiger partial charge is 0.344 e. The van der Waals surface area contributed by atoms with E-state index in [1.807, 2.05) is 29.8 Å². The summed E-state index contributed by atoms with van der Waals surface area (Å²) in [6.45, 7) is 6.28. The van der Waals surface area contributed by atoms with Crippen molar-refractivity contribution in [1.29, 1.82) is 0 Å². The van der Waals surface area contributed by atoms with Gasteiger partial charge in [0.15, 0.2) is 0 Å². The molecule has 0 saturated carbocycles. The van der Waals surface area contributed by atoms with E-state index < -0.39 is 0 Å². The van der Waals surface area contributed by atoms with Gasteiger partial charge >= 0.3 is 0 Å². The second-order valence-corrected chi connectivity index (χ2v) is 8.63. The van der Waals surface area contributed by atoms with Crippen LogP contribution in [0, 0.1) is 0 Å². The second kappa shape index (κ2) is 8.04. The second-order valence-electron chi connectivity index (χ2n) is 7.81. The Morgan fingerprint density at radius 2 is 1.83 bits per heavy atom. The molecule has 2 aliphatic heterocycles. The maximum atomic E-state index is 13.9. The summed E-state index contributed by atoms with van der Waals surface area (Å²) in [5, 5.41) is 8.84. The number of hydrogen-bond donors (Lipinski definition) is 1. The molecule has 1 aromatic heterocycles. The Morgan fingerprint density at radius 1 is 1.14 bits per heavy atom. The van der Waals surface area contributed by atoms with Crippen LogP contribution in [0.4, 0.5) is 5.82 Å². The zero-order chi connectivity index (χ0) is 20.7. The highest BCUT2D eigenvalue weighted by atomic mass is 35.5. The number of nitrogens with zero attached hydrogens (tertiary/aromatic N) is 3. The lowest BCUT2D eigenvalue weighted by Crippen LogP contribution is -2.44. The van der Waals surface area contributed by atoms with Crippen molar-refractivity contribution in [1.82, 2.24) is 14.7 Å². The van der Waals surface area contributed by atoms with Crippen LogP contribution >= 0.6 is 23.2 Å². The fourth-order valence-corrected chi connectivity index (χ4v) is 5.01. The monoisotopic (exact) mass is 432 g/mol. The summed E-state index contributed by atoms with van der Waals surface area (Å²) < 4.78 is 1.86. The molecule has 154 valence electrons. The van der Waals surface area contributed by atoms with E-state index in [2.05, 4.69) is 29.2 Å². The number of amides is 1. The standard InChI is InChI=1S/C22H26Cl2N4O/c1-4-15-7-8-16(5-2)27(15)22(29)20-13(3)26-19-10-11-25-28(19)21(20)14-6-9-17(23)18(24)12-14/h6,9-12,15-16,21,26H,4-5,7-8H2,1-3H3/t15-,16-,21?/m0/s1. The molecule has 5 nitrogen and oxygen atoms in total. The lowest BCUT2D eigenvalue weighted by atomic mass is 9.93. The van der Waals surface area contributed by atoms with Gasteiger partial charge in [-0.2, -0.15) is 5.10 Å². The molecule has 1 amide bonds. The Balaban J connectivity index is 1.83. The van der Waals surface area contributed by atoms with E-state index in [-0.39, 0.29) is 24.0 Å². The number of aromatic nitrogens is 2. The number of allylic oxidation sites excluding steroid dienone is 1. The summed E-state index contributed by atoms with van der Waals surface area (Å²) in [7, 11) is 0. The molecule has 0 spiro atoms. The lowest BCUT2D eigenvalue weighted by molar-refractivity contribution is -0.130. The van der Waals surface area contributed by atoms with E-state index >= 15 is 0 Å². The molecule has 1 N–H and O–H groups in total. The van der Waals surface area contributed by atoms with Crippen LogP contribution in [0.1, 0.15) is 58.1 Å². The number of halogens is 2. The summed E-state index contributed by atoms with van der Waals surface area (Å²) in [5.74, 6) is 0.944. The van der Waals surface area contributed by atoms with Gasteiger partial charge in [0.2, 0.25) is 0 Å². The maximum Gasteiger partial charge on any atom is 0.254 e. The van der Waals surface area contributed by atoms with Gasteiger partial charge in [-0.3, -0.25) is 4.79 Å². The van der Waals surface area contributed by atoms with E-state index in [1.54, 1.807) is 12.3 Å². The Morgan fingerprint density at radius 3 is 2.45 bits per heavy atom. The number of carbonyl (C=O) groups is 1. The molecule has 0 radical (unpaired) electrons. The SMILES string of the molecule is CC[C@H]1CC[C@H](CC)N1C(=O)C1=C(C)Nc2ccnn2C1c1ccc(Cl)c(Cl)c1. The molecule has 29 heavy (non-hydrogen) atoms. The van der Waals surface area contributed by atoms with Crippen molar-refractivity contribution in [3.8, 4) is 0 Å². The van der Waals surface area contributed by atoms with Crippen LogP contribution < -0.4 is 5.32 Å². The number of hydrogen-bond acceptors (Lipinski definition) is 3. The highest BCUT2D eigenvalue weighted by molar-refractivity contribution is 6.42. The van der Waals surface area contributed by atoms with Gasteiger partial charge in [-0.15, -0.1) is 0 Å². The van der Waals surface area contributed by atoms with Crippen LogP contribution in [0.25, 0.3) is 0 Å². The topological polar surface area (TPSA) is 50.2 Å². The van der Waals surface area contributed by atoms with Gasteiger partial charge in [-0.25, -0.2) is 4.68 Å². The van der Waals surface area contributed by atoms with Gasteiger partial charge in [-0.1, -0.05) is 43.1 Å². The Hall–Kier alpha value is -1.98. The number of carbonyl (C=O) groups excluding carboxylic acids is 1. The summed E-state index contributed by atoms with van der Waals surface area (Å²) in [4.78, 5) is 16.1. The van der Waals surface area contributed by atoms with Crippen LogP contribution in [-0.2, 0) is 4.79 Å². The van der Waals surface area contributed by atoms with E-state index in [4.69, 9.17) is 23.2 Å². The molecule has 3 heterocycles. The van der Waals surface area contributed by atoms with Gasteiger partial charge < -0.3 is 10.2 Å². The van der Waals surface area contributed by atoms with Crippen molar-refractivity contribution in [3.63, 3.8) is 0 Å². The molecule has 3 atom stereocenters. The molecule has 1 fully saturated rings. The van der Waals surface area contributed by atoms with E-state index in [1.165, 1.54) is 0 Å². The predicted octanol–water partition coefficient (Wildman–Crippen LogP) is 5.66. The molecular weight excluding hydrogens is 407 g/mol. The Bertz CT molecular complexity index is 955. The highest BCUT2D eigenvalue weighted by Crippen LogP contribution is 2.40. The first kappa shape index (κ1) is 20.3. The zero-order valence-corrected chi connectivity index (χ0v) is 18.5. The quantitative estimate of drug-likeness (QED) is 0.677. The average molecular weight is 433 g/mol. The van der Waals surface area contributed by atoms with Crippen LogP contribution in [0.3, 0.4) is 0 Å². The van der Waals surface area contributed by atoms with Crippen LogP contribution in [0.15, 0.2) is 41.7 Å². The first-order valence-electron chi connectivity index (χ1n) is 10.2. The summed E-state index contributed by atoms with van der Waals surface area (Å²) in [5.41, 5.74) is 2.47. The van der Waals surface area contributed by atoms with Crippen molar-refractivity contribution in [2.24, 2.45) is 0 Å². The maximum absolute atomic E-state index is 13.9. The van der Waals surface area contributed by atoms with Crippen molar-refractivity contribution >= 4 is 34.9 Å². The Kier molecular flexibility index (Phi) is 5.63. The van der Waals surface area contributed by atoms with Crippen LogP contribution in [0.5, 0.6) is 0 Å². The summed E-state index contributed by atoms with van der Waals surface area (Å²) >= 11 is 12.5. The number of fused-ring (bicyclic) bond motifs is 1. The fraction of sp³-hybridized carbons (Fsp3) is 0.455. The van der Waals surface area contributed by atoms with Crippen molar-refractivity contribution in [2.45, 2.75) is 64.6 Å². The molecule has 0 aliphatic carbocycles. The molecule has 1 unspecified atom stereocenters. The molecular formula is C22H26Cl2N4O. The van der Waals surface area contributed by atoms with Gasteiger partial charge in [0.25, 0.3) is 5.91 Å². The minimum absolute atomic E-state index is 0.0865. The van der Waals surface area contributed by atoms with Crippen LogP contribution in [0.2, 0.25) is 10.0 Å². The molecule has 1 saturated heterocycles. The summed E-state index contributed by atoms with van der Waals surface area (Å²) in [6, 6.07) is 7.66. The smallest absolute Gasteiger partial charge is 0.254 e. The lowest BCUT2D eigenvalue weighted by Gasteiger charge is -2.36. The van der Waals surface area contributed by atoms with Gasteiger partial charge in [0.1, 0.15) is 11.9 Å². The van der Waals surface area contributed by atoms with Crippen molar-refractivity contribution in [2.75, 3.05) is 5.32 Å². The van der Waals surface area contributed by atoms with Gasteiger partial charge in [0, 0.05) is 23.8 Å². The van der Waals surface area contributed by atoms with Crippen LogP contribution in [-0.4, -0.2) is 32.7 Å². The first-order valence-corrected chi connectivity index (χ1v) is 11.0. The third kappa shape index (κ3) is 3.44. The zero-order valence-electron chi connectivity index (χ0n) is 17.0. The fourth-order valence-electron chi connectivity index (χ4n) is 4.71. The van der Waals surface area contributed by atoms with E-state index in [9.17, 15) is 4.79 Å². The van der Waals surface area contributed by atoms with E-state index in [0.717, 1.165) is 48.3 Å². The molecule has 2 aliphatic rings. The molecule has 4 rings (SSSR count). The normalized spacial score (nSPS) is 23.9. The number of nitrogens with one attached hydrogen (secondary N) is 1. The summed E-state index contributed by atoms with van der Waals surface area (Å²) in [6.07, 6.45) is 5.79. The minimum Gasteiger partial charge on any atom is -0.344 e. The number of rotatable bonds is 4. The minimum atomic E-state index is -0.348.